The fraction of sp³-hybridized carbons (Fsp3) is 0.533. The highest BCUT2D eigenvalue weighted by atomic mass is 31.2. The maximum absolute atomic E-state index is 12.9. The van der Waals surface area contributed by atoms with Gasteiger partial charge in [0.1, 0.15) is 0 Å². The molecular formula is C15H22NO5P. The van der Waals surface area contributed by atoms with E-state index in [0.717, 1.165) is 17.0 Å². The van der Waals surface area contributed by atoms with Crippen LogP contribution in [0.15, 0.2) is 23.2 Å². The first-order valence-electron chi connectivity index (χ1n) is 7.28. The van der Waals surface area contributed by atoms with E-state index in [1.54, 1.807) is 32.0 Å². The molecule has 6 nitrogen and oxygen atoms in total. The second-order valence-electron chi connectivity index (χ2n) is 5.48. The maximum Gasteiger partial charge on any atom is 0.414 e. The summed E-state index contributed by atoms with van der Waals surface area (Å²) in [7, 11) is -3.71. The summed E-state index contributed by atoms with van der Waals surface area (Å²) in [6, 6.07) is 5.25. The predicted molar refractivity (Wildman–Crippen MR) is 84.9 cm³/mol. The number of aliphatic imine (C=N–C) groups is 1. The van der Waals surface area contributed by atoms with Crippen molar-refractivity contribution in [3.8, 4) is 0 Å². The molecular weight excluding hydrogens is 305 g/mol. The predicted octanol–water partition coefficient (Wildman–Crippen LogP) is 3.82. The normalized spacial score (nSPS) is 16.5. The number of fused-ring (bicyclic) bond motifs is 1. The zero-order chi connectivity index (χ0) is 16.4. The molecule has 0 aromatic heterocycles. The van der Waals surface area contributed by atoms with Crippen LogP contribution in [0, 0.1) is 0 Å². The van der Waals surface area contributed by atoms with Crippen molar-refractivity contribution in [2.24, 2.45) is 4.99 Å². The minimum atomic E-state index is -3.71. The van der Waals surface area contributed by atoms with Crippen LogP contribution in [0.4, 0.5) is 5.69 Å². The molecule has 2 rings (SSSR count). The highest BCUT2D eigenvalue weighted by molar-refractivity contribution is 7.62. The van der Waals surface area contributed by atoms with Crippen molar-refractivity contribution >= 4 is 24.3 Å². The van der Waals surface area contributed by atoms with Gasteiger partial charge >= 0.3 is 7.60 Å². The molecule has 0 amide bonds. The van der Waals surface area contributed by atoms with E-state index >= 15 is 0 Å². The SMILES string of the molecule is CCOOP(=O)(OOCC)c1ccc2c(c1)C(C)(C)C(C)=N2. The molecule has 122 valence electrons. The van der Waals surface area contributed by atoms with Crippen molar-refractivity contribution in [2.75, 3.05) is 13.2 Å². The molecule has 0 atom stereocenters. The summed E-state index contributed by atoms with van der Waals surface area (Å²) in [6.45, 7) is 10.1. The molecule has 0 spiro atoms. The summed E-state index contributed by atoms with van der Waals surface area (Å²) in [6.07, 6.45) is 0. The number of nitrogens with zero attached hydrogens (tertiary/aromatic N) is 1. The summed E-state index contributed by atoms with van der Waals surface area (Å²) in [5, 5.41) is 0.381. The standard InChI is InChI=1S/C15H22NO5P/c1-6-18-20-22(17,21-19-7-2)12-8-9-14-13(10-12)15(4,5)11(3)16-14/h8-10H,6-7H2,1-5H3. The van der Waals surface area contributed by atoms with Crippen molar-refractivity contribution in [1.82, 2.24) is 0 Å². The monoisotopic (exact) mass is 327 g/mol. The van der Waals surface area contributed by atoms with Crippen LogP contribution >= 0.6 is 7.60 Å². The summed E-state index contributed by atoms with van der Waals surface area (Å²) in [5.74, 6) is 0. The highest BCUT2D eigenvalue weighted by Gasteiger charge is 2.37. The minimum absolute atomic E-state index is 0.229. The van der Waals surface area contributed by atoms with Crippen molar-refractivity contribution in [1.29, 1.82) is 0 Å². The van der Waals surface area contributed by atoms with Gasteiger partial charge in [0.2, 0.25) is 0 Å². The lowest BCUT2D eigenvalue weighted by Crippen LogP contribution is -2.24. The van der Waals surface area contributed by atoms with Crippen LogP contribution in [0.3, 0.4) is 0 Å². The Morgan fingerprint density at radius 1 is 1.14 bits per heavy atom. The number of hydrogen-bond acceptors (Lipinski definition) is 6. The average molecular weight is 327 g/mol. The molecule has 0 saturated carbocycles. The van der Waals surface area contributed by atoms with Gasteiger partial charge < -0.3 is 0 Å². The first-order chi connectivity index (χ1) is 10.3. The molecule has 0 unspecified atom stereocenters. The van der Waals surface area contributed by atoms with E-state index in [9.17, 15) is 4.57 Å². The van der Waals surface area contributed by atoms with E-state index in [0.29, 0.717) is 5.30 Å². The third kappa shape index (κ3) is 3.16. The number of hydrogen-bond donors (Lipinski definition) is 0. The van der Waals surface area contributed by atoms with Crippen LogP contribution in [0.25, 0.3) is 0 Å². The molecule has 22 heavy (non-hydrogen) atoms. The molecule has 1 aliphatic rings. The van der Waals surface area contributed by atoms with Crippen LogP contribution in [-0.4, -0.2) is 18.9 Å². The Hall–Kier alpha value is -1.04. The van der Waals surface area contributed by atoms with Gasteiger partial charge in [-0.2, -0.15) is 0 Å². The lowest BCUT2D eigenvalue weighted by atomic mass is 9.82. The summed E-state index contributed by atoms with van der Waals surface area (Å²) in [4.78, 5) is 14.2. The molecule has 7 heteroatoms. The zero-order valence-electron chi connectivity index (χ0n) is 13.6. The molecule has 0 radical (unpaired) electrons. The third-order valence-electron chi connectivity index (χ3n) is 3.70. The summed E-state index contributed by atoms with van der Waals surface area (Å²) in [5.41, 5.74) is 2.62. The van der Waals surface area contributed by atoms with Crippen molar-refractivity contribution < 1.29 is 23.7 Å². The van der Waals surface area contributed by atoms with Gasteiger partial charge in [-0.3, -0.25) is 4.99 Å². The first kappa shape index (κ1) is 17.3. The minimum Gasteiger partial charge on any atom is -0.257 e. The Kier molecular flexibility index (Phi) is 5.20. The third-order valence-corrected chi connectivity index (χ3v) is 5.21. The molecule has 0 bridgehead atoms. The van der Waals surface area contributed by atoms with Crippen molar-refractivity contribution in [3.05, 3.63) is 23.8 Å². The fourth-order valence-corrected chi connectivity index (χ4v) is 3.38. The quantitative estimate of drug-likeness (QED) is 0.433. The lowest BCUT2D eigenvalue weighted by molar-refractivity contribution is -0.260. The number of rotatable bonds is 7. The van der Waals surface area contributed by atoms with E-state index in [-0.39, 0.29) is 18.6 Å². The van der Waals surface area contributed by atoms with E-state index in [1.807, 2.05) is 6.92 Å². The van der Waals surface area contributed by atoms with Gasteiger partial charge in [0.05, 0.1) is 24.2 Å². The number of benzene rings is 1. The van der Waals surface area contributed by atoms with E-state index in [2.05, 4.69) is 18.8 Å². The Morgan fingerprint density at radius 2 is 1.73 bits per heavy atom. The van der Waals surface area contributed by atoms with E-state index < -0.39 is 7.60 Å². The summed E-state index contributed by atoms with van der Waals surface area (Å²) < 4.78 is 22.9. The lowest BCUT2D eigenvalue weighted by Gasteiger charge is -2.22. The van der Waals surface area contributed by atoms with Gasteiger partial charge in [-0.25, -0.2) is 14.3 Å². The molecule has 0 N–H and O–H groups in total. The van der Waals surface area contributed by atoms with Gasteiger partial charge in [0.25, 0.3) is 0 Å². The molecule has 0 fully saturated rings. The Bertz CT molecular complexity index is 614. The molecule has 0 saturated heterocycles. The Balaban J connectivity index is 2.39. The second-order valence-corrected chi connectivity index (χ2v) is 7.29. The highest BCUT2D eigenvalue weighted by Crippen LogP contribution is 2.49. The molecule has 1 aromatic carbocycles. The largest absolute Gasteiger partial charge is 0.414 e. The molecule has 1 aliphatic heterocycles. The zero-order valence-corrected chi connectivity index (χ0v) is 14.5. The maximum atomic E-state index is 12.9. The van der Waals surface area contributed by atoms with Gasteiger partial charge in [0, 0.05) is 11.1 Å². The van der Waals surface area contributed by atoms with E-state index in [4.69, 9.17) is 19.1 Å². The second kappa shape index (κ2) is 6.60. The van der Waals surface area contributed by atoms with Gasteiger partial charge in [-0.1, -0.05) is 13.8 Å². The molecule has 1 heterocycles. The fourth-order valence-electron chi connectivity index (χ4n) is 2.15. The smallest absolute Gasteiger partial charge is 0.257 e. The van der Waals surface area contributed by atoms with Crippen LogP contribution in [0.1, 0.15) is 40.2 Å². The van der Waals surface area contributed by atoms with Crippen LogP contribution < -0.4 is 5.30 Å². The van der Waals surface area contributed by atoms with Gasteiger partial charge in [-0.05, 0) is 44.5 Å². The van der Waals surface area contributed by atoms with Crippen LogP contribution in [0.5, 0.6) is 0 Å². The summed E-state index contributed by atoms with van der Waals surface area (Å²) >= 11 is 0. The molecule has 1 aromatic rings. The van der Waals surface area contributed by atoms with Crippen molar-refractivity contribution in [2.45, 2.75) is 40.0 Å². The Morgan fingerprint density at radius 3 is 2.27 bits per heavy atom. The first-order valence-corrected chi connectivity index (χ1v) is 8.82. The van der Waals surface area contributed by atoms with E-state index in [1.165, 1.54) is 0 Å². The topological polar surface area (TPSA) is 66.4 Å². The molecule has 0 aliphatic carbocycles. The van der Waals surface area contributed by atoms with Gasteiger partial charge in [-0.15, -0.1) is 9.35 Å². The average Bonchev–Trinajstić information content (AvgIpc) is 2.73. The Labute approximate surface area is 130 Å². The van der Waals surface area contributed by atoms with Crippen LogP contribution in [0.2, 0.25) is 0 Å². The van der Waals surface area contributed by atoms with Crippen molar-refractivity contribution in [3.63, 3.8) is 0 Å². The van der Waals surface area contributed by atoms with Gasteiger partial charge in [0.15, 0.2) is 0 Å². The van der Waals surface area contributed by atoms with Crippen LogP contribution in [-0.2, 0) is 29.1 Å².